The Kier molecular flexibility index (Phi) is 21.9. The molecule has 47 heavy (non-hydrogen) atoms. The summed E-state index contributed by atoms with van der Waals surface area (Å²) >= 11 is 0. The number of benzene rings is 1. The average molecular weight is 765 g/mol. The molecule has 0 aliphatic carbocycles. The van der Waals surface area contributed by atoms with Crippen molar-refractivity contribution in [3.8, 4) is 0 Å². The third-order valence-electron chi connectivity index (χ3n) is 8.84. The largest absolute Gasteiger partial charge is 0.507 e. The molecule has 0 amide bonds. The van der Waals surface area contributed by atoms with Crippen LogP contribution in [0.1, 0.15) is 36.4 Å². The van der Waals surface area contributed by atoms with Gasteiger partial charge in [-0.2, -0.15) is 0 Å². The second-order valence-corrected chi connectivity index (χ2v) is 27.8. The Labute approximate surface area is 295 Å². The van der Waals surface area contributed by atoms with E-state index in [0.717, 1.165) is 50.5 Å². The van der Waals surface area contributed by atoms with Gasteiger partial charge in [0.25, 0.3) is 0 Å². The van der Waals surface area contributed by atoms with Crippen molar-refractivity contribution in [2.45, 2.75) is 81.8 Å². The zero-order valence-corrected chi connectivity index (χ0v) is 37.6. The lowest BCUT2D eigenvalue weighted by Gasteiger charge is -2.33. The number of rotatable bonds is 27. The van der Waals surface area contributed by atoms with Crippen molar-refractivity contribution in [2.24, 2.45) is 0 Å². The molecule has 1 aromatic rings. The van der Waals surface area contributed by atoms with Crippen molar-refractivity contribution in [3.63, 3.8) is 0 Å². The van der Waals surface area contributed by atoms with Crippen LogP contribution in [0, 0.1) is 0 Å². The molecule has 11 nitrogen and oxygen atoms in total. The van der Waals surface area contributed by atoms with Crippen LogP contribution < -0.4 is 21.0 Å². The molecule has 1 unspecified atom stereocenters. The van der Waals surface area contributed by atoms with Crippen LogP contribution >= 0.6 is 0 Å². The molecule has 0 fully saturated rings. The van der Waals surface area contributed by atoms with Crippen molar-refractivity contribution < 1.29 is 39.8 Å². The number of nitrogens with one attached hydrogen (secondary N) is 2. The summed E-state index contributed by atoms with van der Waals surface area (Å²) in [5.41, 5.74) is 2.80. The second kappa shape index (κ2) is 22.8. The van der Waals surface area contributed by atoms with Gasteiger partial charge in [-0.05, 0) is 43.5 Å². The Morgan fingerprint density at radius 2 is 1.11 bits per heavy atom. The third kappa shape index (κ3) is 12.7. The molecular weight excluding hydrogens is 701 g/mol. The molecule has 1 rings (SSSR count). The van der Waals surface area contributed by atoms with Gasteiger partial charge in [0.2, 0.25) is 0 Å². The Hall–Kier alpha value is 0.0813. The van der Waals surface area contributed by atoms with E-state index in [0.29, 0.717) is 9.52 Å². The van der Waals surface area contributed by atoms with Crippen LogP contribution in [0.5, 0.6) is 0 Å². The predicted octanol–water partition coefficient (Wildman–Crippen LogP) is 2.79. The molecule has 0 spiro atoms. The summed E-state index contributed by atoms with van der Waals surface area (Å²) < 4.78 is 51.8. The van der Waals surface area contributed by atoms with Crippen molar-refractivity contribution in [3.05, 3.63) is 23.3 Å². The molecule has 0 aliphatic heterocycles. The lowest BCUT2D eigenvalue weighted by atomic mass is 10.0. The standard InChI is InChI=1S/C30H64N2O9Si6/c1-25(47(39-8,40-9)41-10)26-17-18-28(43(11)12)29(44(13)14)27(26)19-22-42-30(31-20-15-23-45(33-2,34-3)35-4)32-21-16-24-46(36-5,37-6)38-7/h17-18,25,30-32H,15-16,19-24H2,1-14H3. The van der Waals surface area contributed by atoms with E-state index in [-0.39, 0.29) is 11.3 Å². The molecule has 2 N–H and O–H groups in total. The number of hydrogen-bond acceptors (Lipinski definition) is 11. The molecular formula is C30H64N2O9Si6. The van der Waals surface area contributed by atoms with Crippen LogP contribution in [0.15, 0.2) is 12.1 Å². The maximum Gasteiger partial charge on any atom is 0.507 e. The van der Waals surface area contributed by atoms with Gasteiger partial charge < -0.3 is 50.5 Å². The van der Waals surface area contributed by atoms with Gasteiger partial charge in [-0.15, -0.1) is 0 Å². The summed E-state index contributed by atoms with van der Waals surface area (Å²) in [6.07, 6.45) is 2.77. The second-order valence-electron chi connectivity index (χ2n) is 11.8. The van der Waals surface area contributed by atoms with E-state index < -0.39 is 44.0 Å². The maximum absolute atomic E-state index is 5.98. The molecule has 0 bridgehead atoms. The van der Waals surface area contributed by atoms with E-state index in [9.17, 15) is 0 Å². The Morgan fingerprint density at radius 1 is 0.660 bits per heavy atom. The Bertz CT molecular complexity index is 950. The molecule has 0 saturated carbocycles. The molecule has 0 heterocycles. The first kappa shape index (κ1) is 45.1. The Balaban J connectivity index is 3.27. The zero-order chi connectivity index (χ0) is 35.7. The maximum atomic E-state index is 5.98. The van der Waals surface area contributed by atoms with Crippen LogP contribution in [-0.4, -0.2) is 136 Å². The molecule has 17 heteroatoms. The van der Waals surface area contributed by atoms with E-state index in [1.165, 1.54) is 11.1 Å². The minimum absolute atomic E-state index is 0.0185. The molecule has 4 radical (unpaired) electrons. The Morgan fingerprint density at radius 3 is 1.47 bits per heavy atom. The predicted molar refractivity (Wildman–Crippen MR) is 202 cm³/mol. The van der Waals surface area contributed by atoms with E-state index in [1.807, 2.05) is 0 Å². The highest BCUT2D eigenvalue weighted by Gasteiger charge is 2.46. The van der Waals surface area contributed by atoms with E-state index in [1.54, 1.807) is 74.4 Å². The van der Waals surface area contributed by atoms with Crippen molar-refractivity contribution >= 4 is 63.9 Å². The van der Waals surface area contributed by atoms with Crippen LogP contribution in [0.25, 0.3) is 0 Å². The van der Waals surface area contributed by atoms with E-state index >= 15 is 0 Å². The van der Waals surface area contributed by atoms with Gasteiger partial charge in [0, 0.05) is 81.9 Å². The molecule has 272 valence electrons. The molecule has 0 aromatic heterocycles. The summed E-state index contributed by atoms with van der Waals surface area (Å²) in [5.74, 6) is 0.158. The third-order valence-corrected chi connectivity index (χ3v) is 22.3. The SMILES string of the molecule is CO[Si](CCCNC(NCCC[Si](OC)(OC)OC)[Si]CCc1c(C(C)[Si](OC)(OC)OC)ccc([Si](C)C)c1[Si](C)C)(OC)OC. The highest BCUT2D eigenvalue weighted by molar-refractivity contribution is 6.82. The summed E-state index contributed by atoms with van der Waals surface area (Å²) in [5, 5.41) is 10.7. The first-order chi connectivity index (χ1) is 22.4. The van der Waals surface area contributed by atoms with Gasteiger partial charge in [0.15, 0.2) is 0 Å². The minimum Gasteiger partial charge on any atom is -0.377 e. The molecule has 0 saturated heterocycles. The molecule has 1 aromatic carbocycles. The molecule has 1 atom stereocenters. The lowest BCUT2D eigenvalue weighted by Crippen LogP contribution is -2.51. The smallest absolute Gasteiger partial charge is 0.377 e. The monoisotopic (exact) mass is 764 g/mol. The first-order valence-corrected chi connectivity index (χ1v) is 28.3. The fraction of sp³-hybridized carbons (Fsp3) is 0.800. The van der Waals surface area contributed by atoms with Gasteiger partial charge in [-0.1, -0.05) is 61.7 Å². The van der Waals surface area contributed by atoms with Crippen molar-refractivity contribution in [1.29, 1.82) is 0 Å². The van der Waals surface area contributed by atoms with Crippen LogP contribution in [-0.2, 0) is 46.3 Å². The summed E-state index contributed by atoms with van der Waals surface area (Å²) in [6.45, 7) is 13.5. The quantitative estimate of drug-likeness (QED) is 0.0786. The fourth-order valence-corrected chi connectivity index (χ4v) is 17.0. The van der Waals surface area contributed by atoms with Crippen molar-refractivity contribution in [2.75, 3.05) is 77.1 Å². The van der Waals surface area contributed by atoms with Crippen LogP contribution in [0.4, 0.5) is 0 Å². The van der Waals surface area contributed by atoms with Gasteiger partial charge >= 0.3 is 26.4 Å². The number of hydrogen-bond donors (Lipinski definition) is 2. The fourth-order valence-electron chi connectivity index (χ4n) is 6.07. The highest BCUT2D eigenvalue weighted by Crippen LogP contribution is 2.31. The topological polar surface area (TPSA) is 107 Å². The summed E-state index contributed by atoms with van der Waals surface area (Å²) in [6, 6.07) is 7.25. The summed E-state index contributed by atoms with van der Waals surface area (Å²) in [7, 11) is 6.25. The first-order valence-electron chi connectivity index (χ1n) is 16.3. The van der Waals surface area contributed by atoms with Gasteiger partial charge in [-0.3, -0.25) is 0 Å². The average Bonchev–Trinajstić information content (AvgIpc) is 3.09. The summed E-state index contributed by atoms with van der Waals surface area (Å²) in [4.78, 5) is 0. The van der Waals surface area contributed by atoms with Gasteiger partial charge in [0.05, 0.1) is 32.7 Å². The van der Waals surface area contributed by atoms with Crippen LogP contribution in [0.2, 0.25) is 44.3 Å². The van der Waals surface area contributed by atoms with Gasteiger partial charge in [-0.25, -0.2) is 0 Å². The van der Waals surface area contributed by atoms with Crippen LogP contribution in [0.3, 0.4) is 0 Å². The molecule has 0 aliphatic rings. The zero-order valence-electron chi connectivity index (χ0n) is 31.6. The minimum atomic E-state index is -2.91. The van der Waals surface area contributed by atoms with E-state index in [4.69, 9.17) is 39.8 Å². The lowest BCUT2D eigenvalue weighted by molar-refractivity contribution is 0.114. The normalized spacial score (nSPS) is 13.8. The highest BCUT2D eigenvalue weighted by atomic mass is 28.4. The van der Waals surface area contributed by atoms with Gasteiger partial charge in [0.1, 0.15) is 0 Å². The van der Waals surface area contributed by atoms with E-state index in [2.05, 4.69) is 55.9 Å². The van der Waals surface area contributed by atoms with Crippen molar-refractivity contribution in [1.82, 2.24) is 10.6 Å².